The second kappa shape index (κ2) is 6.50. The van der Waals surface area contributed by atoms with E-state index in [9.17, 15) is 14.9 Å². The van der Waals surface area contributed by atoms with Gasteiger partial charge in [-0.25, -0.2) is 0 Å². The molecule has 0 aromatic heterocycles. The van der Waals surface area contributed by atoms with Gasteiger partial charge in [0.15, 0.2) is 0 Å². The van der Waals surface area contributed by atoms with Crippen LogP contribution in [0.15, 0.2) is 24.3 Å². The van der Waals surface area contributed by atoms with Crippen molar-refractivity contribution in [3.05, 3.63) is 45.5 Å². The number of nitro groups is 1. The Hall–Kier alpha value is -1.91. The minimum Gasteiger partial charge on any atom is -0.466 e. The topological polar surface area (TPSA) is 69.4 Å². The first-order valence-electron chi connectivity index (χ1n) is 6.65. The van der Waals surface area contributed by atoms with Crippen LogP contribution in [0.25, 0.3) is 0 Å². The maximum absolute atomic E-state index is 11.7. The zero-order valence-electron chi connectivity index (χ0n) is 12.4. The summed E-state index contributed by atoms with van der Waals surface area (Å²) in [5.41, 5.74) is 0.620. The zero-order valence-corrected chi connectivity index (χ0v) is 12.4. The predicted molar refractivity (Wildman–Crippen MR) is 76.2 cm³/mol. The Bertz CT molecular complexity index is 479. The molecule has 0 aliphatic carbocycles. The van der Waals surface area contributed by atoms with Crippen molar-refractivity contribution in [3.8, 4) is 0 Å². The first-order chi connectivity index (χ1) is 9.28. The fourth-order valence-corrected chi connectivity index (χ4v) is 2.09. The molecule has 1 aromatic rings. The summed E-state index contributed by atoms with van der Waals surface area (Å²) in [6, 6.07) is 7.46. The molecule has 0 saturated carbocycles. The number of nitrogens with zero attached hydrogens (tertiary/aromatic N) is 1. The molecule has 0 N–H and O–H groups in total. The molecule has 20 heavy (non-hydrogen) atoms. The molecule has 1 aromatic carbocycles. The van der Waals surface area contributed by atoms with E-state index >= 15 is 0 Å². The Morgan fingerprint density at radius 2 is 1.90 bits per heavy atom. The molecule has 1 unspecified atom stereocenters. The number of esters is 1. The van der Waals surface area contributed by atoms with E-state index in [2.05, 4.69) is 0 Å². The Kier molecular flexibility index (Phi) is 5.25. The highest BCUT2D eigenvalue weighted by Crippen LogP contribution is 2.34. The van der Waals surface area contributed by atoms with E-state index in [4.69, 9.17) is 4.74 Å². The highest BCUT2D eigenvalue weighted by Gasteiger charge is 2.43. The third kappa shape index (κ3) is 3.79. The van der Waals surface area contributed by atoms with Crippen LogP contribution in [-0.4, -0.2) is 23.0 Å². The summed E-state index contributed by atoms with van der Waals surface area (Å²) in [5.74, 6) is -0.926. The van der Waals surface area contributed by atoms with Crippen LogP contribution in [0.4, 0.5) is 0 Å². The van der Waals surface area contributed by atoms with Crippen LogP contribution >= 0.6 is 0 Å². The average Bonchev–Trinajstić information content (AvgIpc) is 2.37. The summed E-state index contributed by atoms with van der Waals surface area (Å²) in [5, 5.41) is 11.3. The SMILES string of the molecule is CCOC(=O)CC(c1ccc(C)cc1)C(C)(C)[N+](=O)[O-]. The maximum Gasteiger partial charge on any atom is 0.306 e. The van der Waals surface area contributed by atoms with Crippen LogP contribution in [0.2, 0.25) is 0 Å². The highest BCUT2D eigenvalue weighted by molar-refractivity contribution is 5.70. The van der Waals surface area contributed by atoms with Crippen LogP contribution in [-0.2, 0) is 9.53 Å². The molecule has 1 rings (SSSR count). The third-order valence-corrected chi connectivity index (χ3v) is 3.48. The van der Waals surface area contributed by atoms with Gasteiger partial charge in [-0.1, -0.05) is 29.8 Å². The van der Waals surface area contributed by atoms with E-state index in [1.54, 1.807) is 6.92 Å². The number of ether oxygens (including phenoxy) is 1. The van der Waals surface area contributed by atoms with Crippen LogP contribution in [0, 0.1) is 17.0 Å². The molecule has 0 aliphatic rings. The summed E-state index contributed by atoms with van der Waals surface area (Å²) in [6.07, 6.45) is 0.00484. The molecular formula is C15H21NO4. The predicted octanol–water partition coefficient (Wildman–Crippen LogP) is 3.09. The first kappa shape index (κ1) is 16.1. The maximum atomic E-state index is 11.7. The number of benzene rings is 1. The fraction of sp³-hybridized carbons (Fsp3) is 0.533. The molecule has 0 spiro atoms. The van der Waals surface area contributed by atoms with Gasteiger partial charge < -0.3 is 4.74 Å². The number of carbonyl (C=O) groups excluding carboxylic acids is 1. The van der Waals surface area contributed by atoms with Crippen LogP contribution in [0.1, 0.15) is 44.2 Å². The number of carbonyl (C=O) groups is 1. The number of rotatable bonds is 6. The van der Waals surface area contributed by atoms with Gasteiger partial charge in [0.2, 0.25) is 5.54 Å². The number of hydrogen-bond donors (Lipinski definition) is 0. The fourth-order valence-electron chi connectivity index (χ4n) is 2.09. The minimum atomic E-state index is -1.23. The standard InChI is InChI=1S/C15H21NO4/c1-5-20-14(17)10-13(15(3,4)16(18)19)12-8-6-11(2)7-9-12/h6-9,13H,5,10H2,1-4H3. The van der Waals surface area contributed by atoms with Crippen molar-refractivity contribution in [2.45, 2.75) is 45.6 Å². The molecule has 0 heterocycles. The van der Waals surface area contributed by atoms with Gasteiger partial charge in [0.25, 0.3) is 0 Å². The van der Waals surface area contributed by atoms with Gasteiger partial charge in [0, 0.05) is 18.8 Å². The van der Waals surface area contributed by atoms with Gasteiger partial charge in [-0.05, 0) is 19.4 Å². The third-order valence-electron chi connectivity index (χ3n) is 3.48. The van der Waals surface area contributed by atoms with Gasteiger partial charge in [-0.2, -0.15) is 0 Å². The smallest absolute Gasteiger partial charge is 0.306 e. The van der Waals surface area contributed by atoms with Crippen molar-refractivity contribution in [1.82, 2.24) is 0 Å². The summed E-state index contributed by atoms with van der Waals surface area (Å²) in [7, 11) is 0. The van der Waals surface area contributed by atoms with E-state index in [1.165, 1.54) is 13.8 Å². The van der Waals surface area contributed by atoms with E-state index in [0.717, 1.165) is 11.1 Å². The number of hydrogen-bond acceptors (Lipinski definition) is 4. The van der Waals surface area contributed by atoms with Crippen molar-refractivity contribution in [2.75, 3.05) is 6.61 Å². The Morgan fingerprint density at radius 3 is 2.35 bits per heavy atom. The molecule has 0 fully saturated rings. The quantitative estimate of drug-likeness (QED) is 0.456. The van der Waals surface area contributed by atoms with Crippen molar-refractivity contribution < 1.29 is 14.5 Å². The normalized spacial score (nSPS) is 12.8. The second-order valence-electron chi connectivity index (χ2n) is 5.38. The first-order valence-corrected chi connectivity index (χ1v) is 6.65. The van der Waals surface area contributed by atoms with Gasteiger partial charge in [0.05, 0.1) is 18.9 Å². The summed E-state index contributed by atoms with van der Waals surface area (Å²) >= 11 is 0. The molecule has 110 valence electrons. The minimum absolute atomic E-state index is 0.00484. The largest absolute Gasteiger partial charge is 0.466 e. The molecule has 0 aliphatic heterocycles. The lowest BCUT2D eigenvalue weighted by Gasteiger charge is -2.26. The lowest BCUT2D eigenvalue weighted by Crippen LogP contribution is -2.39. The van der Waals surface area contributed by atoms with Crippen molar-refractivity contribution in [3.63, 3.8) is 0 Å². The summed E-state index contributed by atoms with van der Waals surface area (Å²) in [6.45, 7) is 7.02. The molecule has 5 nitrogen and oxygen atoms in total. The van der Waals surface area contributed by atoms with Crippen LogP contribution in [0.3, 0.4) is 0 Å². The Balaban J connectivity index is 3.10. The lowest BCUT2D eigenvalue weighted by molar-refractivity contribution is -0.565. The van der Waals surface area contributed by atoms with Crippen LogP contribution < -0.4 is 0 Å². The van der Waals surface area contributed by atoms with Crippen molar-refractivity contribution in [1.29, 1.82) is 0 Å². The van der Waals surface area contributed by atoms with Crippen molar-refractivity contribution in [2.24, 2.45) is 0 Å². The lowest BCUT2D eigenvalue weighted by atomic mass is 9.80. The van der Waals surface area contributed by atoms with Crippen LogP contribution in [0.5, 0.6) is 0 Å². The van der Waals surface area contributed by atoms with Gasteiger partial charge in [-0.3, -0.25) is 14.9 Å². The monoisotopic (exact) mass is 279 g/mol. The molecule has 5 heteroatoms. The highest BCUT2D eigenvalue weighted by atomic mass is 16.6. The van der Waals surface area contributed by atoms with E-state index in [1.807, 2.05) is 31.2 Å². The molecule has 0 saturated heterocycles. The molecular weight excluding hydrogens is 258 g/mol. The second-order valence-corrected chi connectivity index (χ2v) is 5.38. The molecule has 0 amide bonds. The van der Waals surface area contributed by atoms with Gasteiger partial charge in [0.1, 0.15) is 0 Å². The molecule has 0 radical (unpaired) electrons. The molecule has 1 atom stereocenters. The Labute approximate surface area is 119 Å². The van der Waals surface area contributed by atoms with E-state index in [0.29, 0.717) is 0 Å². The number of aryl methyl sites for hydroxylation is 1. The molecule has 0 bridgehead atoms. The zero-order chi connectivity index (χ0) is 15.3. The summed E-state index contributed by atoms with van der Waals surface area (Å²) < 4.78 is 4.93. The van der Waals surface area contributed by atoms with Gasteiger partial charge in [-0.15, -0.1) is 0 Å². The van der Waals surface area contributed by atoms with Crippen molar-refractivity contribution >= 4 is 5.97 Å². The van der Waals surface area contributed by atoms with E-state index < -0.39 is 17.4 Å². The van der Waals surface area contributed by atoms with E-state index in [-0.39, 0.29) is 18.0 Å². The average molecular weight is 279 g/mol. The Morgan fingerprint density at radius 1 is 1.35 bits per heavy atom. The summed E-state index contributed by atoms with van der Waals surface area (Å²) in [4.78, 5) is 22.7. The van der Waals surface area contributed by atoms with Gasteiger partial charge >= 0.3 is 5.97 Å².